The summed E-state index contributed by atoms with van der Waals surface area (Å²) in [5, 5.41) is 32.8. The summed E-state index contributed by atoms with van der Waals surface area (Å²) in [4.78, 5) is 72.2. The highest BCUT2D eigenvalue weighted by molar-refractivity contribution is 6.39. The van der Waals surface area contributed by atoms with Gasteiger partial charge in [0.05, 0.1) is 37.6 Å². The first-order valence-electron chi connectivity index (χ1n) is 25.5. The molecule has 3 heterocycles. The van der Waals surface area contributed by atoms with Gasteiger partial charge in [0.2, 0.25) is 5.79 Å². The molecule has 15 heteroatoms. The molecule has 4 aliphatic rings. The van der Waals surface area contributed by atoms with Crippen molar-refractivity contribution in [3.63, 3.8) is 0 Å². The number of ketones is 3. The number of esters is 1. The van der Waals surface area contributed by atoms with Crippen LogP contribution in [0.1, 0.15) is 132 Å². The summed E-state index contributed by atoms with van der Waals surface area (Å²) in [6.45, 7) is 13.0. The Kier molecular flexibility index (Phi) is 23.6. The summed E-state index contributed by atoms with van der Waals surface area (Å²) in [6.07, 6.45) is 13.0. The van der Waals surface area contributed by atoms with Gasteiger partial charge in [-0.05, 0) is 113 Å². The number of carbonyl (C=O) groups is 5. The number of methoxy groups -OCH3 is 3. The number of amides is 1. The Morgan fingerprint density at radius 2 is 1.58 bits per heavy atom. The van der Waals surface area contributed by atoms with Crippen LogP contribution in [0.25, 0.3) is 0 Å². The van der Waals surface area contributed by atoms with E-state index >= 15 is 0 Å². The summed E-state index contributed by atoms with van der Waals surface area (Å²) in [7, 11) is 4.60. The number of hydrogen-bond donors (Lipinski definition) is 3. The quantitative estimate of drug-likeness (QED) is 0.127. The minimum atomic E-state index is -2.43. The lowest BCUT2D eigenvalue weighted by molar-refractivity contribution is -0.265. The van der Waals surface area contributed by atoms with Crippen molar-refractivity contribution in [2.75, 3.05) is 41.1 Å². The Morgan fingerprint density at radius 1 is 0.841 bits per heavy atom. The minimum Gasteiger partial charge on any atom is -0.460 e. The second kappa shape index (κ2) is 28.0. The third kappa shape index (κ3) is 16.0. The summed E-state index contributed by atoms with van der Waals surface area (Å²) in [6, 6.07) is -1.15. The maximum absolute atomic E-state index is 14.5. The largest absolute Gasteiger partial charge is 0.460 e. The molecule has 2 saturated heterocycles. The highest BCUT2D eigenvalue weighted by Crippen LogP contribution is 2.38. The lowest BCUT2D eigenvalue weighted by Gasteiger charge is -2.42. The highest BCUT2D eigenvalue weighted by atomic mass is 16.6. The number of fused-ring (bicyclic) bond motifs is 3. The zero-order valence-corrected chi connectivity index (χ0v) is 43.1. The van der Waals surface area contributed by atoms with Crippen LogP contribution in [-0.2, 0) is 52.4 Å². The molecule has 2 unspecified atom stereocenters. The van der Waals surface area contributed by atoms with Crippen LogP contribution >= 0.6 is 0 Å². The molecular weight excluding hydrogens is 887 g/mol. The Morgan fingerprint density at radius 3 is 2.26 bits per heavy atom. The molecule has 0 radical (unpaired) electrons. The summed E-state index contributed by atoms with van der Waals surface area (Å²) in [5.41, 5.74) is 1.29. The predicted octanol–water partition coefficient (Wildman–Crippen LogP) is 6.59. The Balaban J connectivity index is 1.69. The molecule has 1 aliphatic carbocycles. The number of cyclic esters (lactones) is 1. The molecule has 3 fully saturated rings. The van der Waals surface area contributed by atoms with Crippen molar-refractivity contribution < 1.29 is 67.7 Å². The molecule has 0 aromatic rings. The van der Waals surface area contributed by atoms with Crippen LogP contribution in [0.5, 0.6) is 0 Å². The molecule has 2 bridgehead atoms. The molecule has 390 valence electrons. The Bertz CT molecular complexity index is 1830. The van der Waals surface area contributed by atoms with Gasteiger partial charge in [-0.3, -0.25) is 19.2 Å². The first-order chi connectivity index (χ1) is 32.8. The summed E-state index contributed by atoms with van der Waals surface area (Å²) < 4.78 is 35.6. The number of ether oxygens (including phenoxy) is 6. The van der Waals surface area contributed by atoms with E-state index in [2.05, 4.69) is 13.0 Å². The standard InChI is InChI=1S/C54H85NO14/c1-33-16-12-11-13-17-34(2)45(64-8)31-41-23-21-39(7)54(63,69-41)51(60)52(61)55-25-15-14-18-42(55)53(62)68-46(37(5)29-40-22-24-44(67-27-26-56)47(30-40)65-9)32-43(57)36(4)28-38(6)49(59)50(66-10)48(58)35(3)20-19-33/h11-13,16-17,28,33,35-37,39-42,44-47,49-50,56,59,63H,14-15,18-27,29-32H2,1-10H3/b13-11+,16-12+,34-17+,38-28+/t33-,35?,36-,37-,39-,40+,41+,42+,44-,45+,46+,47-,49-,50?,54-/m1/s1. The first kappa shape index (κ1) is 58.2. The topological polar surface area (TPSA) is 205 Å². The fourth-order valence-electron chi connectivity index (χ4n) is 10.5. The van der Waals surface area contributed by atoms with Gasteiger partial charge in [0.25, 0.3) is 11.7 Å². The smallest absolute Gasteiger partial charge is 0.329 e. The zero-order chi connectivity index (χ0) is 51.0. The van der Waals surface area contributed by atoms with E-state index in [0.29, 0.717) is 63.4 Å². The number of piperidine rings is 1. The van der Waals surface area contributed by atoms with E-state index in [1.165, 1.54) is 12.0 Å². The van der Waals surface area contributed by atoms with Crippen LogP contribution < -0.4 is 0 Å². The van der Waals surface area contributed by atoms with Gasteiger partial charge in [-0.1, -0.05) is 71.1 Å². The Labute approximate surface area is 411 Å². The average molecular weight is 972 g/mol. The zero-order valence-electron chi connectivity index (χ0n) is 43.1. The average Bonchev–Trinajstić information content (AvgIpc) is 3.34. The fraction of sp³-hybridized carbons (Fsp3) is 0.759. The number of aliphatic hydroxyl groups is 3. The third-order valence-corrected chi connectivity index (χ3v) is 15.2. The van der Waals surface area contributed by atoms with Crippen LogP contribution in [0.3, 0.4) is 0 Å². The van der Waals surface area contributed by atoms with Gasteiger partial charge >= 0.3 is 5.97 Å². The summed E-state index contributed by atoms with van der Waals surface area (Å²) >= 11 is 0. The number of aliphatic hydroxyl groups excluding tert-OH is 2. The predicted molar refractivity (Wildman–Crippen MR) is 261 cm³/mol. The van der Waals surface area contributed by atoms with E-state index in [0.717, 1.165) is 18.4 Å². The molecule has 1 saturated carbocycles. The number of nitrogens with zero attached hydrogens (tertiary/aromatic N) is 1. The maximum Gasteiger partial charge on any atom is 0.329 e. The monoisotopic (exact) mass is 972 g/mol. The van der Waals surface area contributed by atoms with E-state index in [1.807, 2.05) is 45.1 Å². The fourth-order valence-corrected chi connectivity index (χ4v) is 10.5. The van der Waals surface area contributed by atoms with E-state index in [9.17, 15) is 39.3 Å². The van der Waals surface area contributed by atoms with Gasteiger partial charge in [0.15, 0.2) is 5.78 Å². The van der Waals surface area contributed by atoms with Gasteiger partial charge in [-0.25, -0.2) is 4.79 Å². The molecule has 15 atom stereocenters. The molecule has 0 aromatic heterocycles. The second-order valence-electron chi connectivity index (χ2n) is 20.5. The molecule has 3 N–H and O–H groups in total. The van der Waals surface area contributed by atoms with E-state index in [-0.39, 0.29) is 74.1 Å². The molecule has 0 aromatic carbocycles. The number of hydrogen-bond acceptors (Lipinski definition) is 14. The molecule has 4 rings (SSSR count). The second-order valence-corrected chi connectivity index (χ2v) is 20.5. The van der Waals surface area contributed by atoms with Crippen molar-refractivity contribution in [3.8, 4) is 0 Å². The van der Waals surface area contributed by atoms with Crippen LogP contribution in [-0.4, -0.2) is 145 Å². The lowest BCUT2D eigenvalue weighted by atomic mass is 9.78. The SMILES string of the molecule is COC1C(=O)C(C)CC[C@H](C)/C=C/C=C/C=C(\C)[C@@H](OC)C[C@@H]2CC[C@@H](C)[C@@](O)(O2)C(=O)C(=O)N2CCCC[C@H]2C(=O)O[C@H]([C@H](C)C[C@@H]2CC[C@@H](OCCO)[C@H](OC)C2)CC(=O)[C@H](C)/C=C(\C)[C@H]1O. The number of Topliss-reactive ketones (excluding diaryl/α,β-unsaturated/α-hetero) is 3. The first-order valence-corrected chi connectivity index (χ1v) is 25.5. The van der Waals surface area contributed by atoms with Gasteiger partial charge < -0.3 is 48.6 Å². The van der Waals surface area contributed by atoms with Crippen LogP contribution in [0.2, 0.25) is 0 Å². The Hall–Kier alpha value is -3.41. The molecule has 0 spiro atoms. The van der Waals surface area contributed by atoms with Crippen molar-refractivity contribution in [2.24, 2.45) is 35.5 Å². The highest BCUT2D eigenvalue weighted by Gasteiger charge is 2.53. The lowest BCUT2D eigenvalue weighted by Crippen LogP contribution is -2.61. The van der Waals surface area contributed by atoms with E-state index in [1.54, 1.807) is 41.1 Å². The van der Waals surface area contributed by atoms with Crippen molar-refractivity contribution >= 4 is 29.2 Å². The van der Waals surface area contributed by atoms with Crippen molar-refractivity contribution in [3.05, 3.63) is 47.6 Å². The third-order valence-electron chi connectivity index (χ3n) is 15.2. The molecule has 3 aliphatic heterocycles. The van der Waals surface area contributed by atoms with Crippen molar-refractivity contribution in [1.82, 2.24) is 4.90 Å². The maximum atomic E-state index is 14.5. The van der Waals surface area contributed by atoms with Crippen LogP contribution in [0.4, 0.5) is 0 Å². The van der Waals surface area contributed by atoms with Crippen molar-refractivity contribution in [2.45, 2.75) is 186 Å². The number of allylic oxidation sites excluding steroid dienone is 6. The molecule has 1 amide bonds. The minimum absolute atomic E-state index is 0.0852. The van der Waals surface area contributed by atoms with Crippen LogP contribution in [0.15, 0.2) is 47.6 Å². The molecule has 69 heavy (non-hydrogen) atoms. The van der Waals surface area contributed by atoms with Gasteiger partial charge in [-0.2, -0.15) is 0 Å². The molecule has 15 nitrogen and oxygen atoms in total. The van der Waals surface area contributed by atoms with Gasteiger partial charge in [0, 0.05) is 58.5 Å². The number of carbonyl (C=O) groups excluding carboxylic acids is 5. The van der Waals surface area contributed by atoms with Gasteiger partial charge in [0.1, 0.15) is 30.1 Å². The summed E-state index contributed by atoms with van der Waals surface area (Å²) in [5.74, 6) is -7.75. The normalized spacial score (nSPS) is 38.9. The van der Waals surface area contributed by atoms with Crippen molar-refractivity contribution in [1.29, 1.82) is 0 Å². The van der Waals surface area contributed by atoms with E-state index < -0.39 is 77.8 Å². The molecular formula is C54H85NO14. The van der Waals surface area contributed by atoms with Gasteiger partial charge in [-0.15, -0.1) is 0 Å². The van der Waals surface area contributed by atoms with Crippen LogP contribution in [0, 0.1) is 35.5 Å². The van der Waals surface area contributed by atoms with E-state index in [4.69, 9.17) is 28.4 Å². The number of rotatable bonds is 9.